The molecule has 1 aromatic rings. The second-order valence-electron chi connectivity index (χ2n) is 3.80. The fourth-order valence-corrected chi connectivity index (χ4v) is 1.98. The van der Waals surface area contributed by atoms with E-state index in [9.17, 15) is 4.79 Å². The van der Waals surface area contributed by atoms with Gasteiger partial charge in [0.05, 0.1) is 36.9 Å². The number of nitrogens with zero attached hydrogens (tertiary/aromatic N) is 2. The van der Waals surface area contributed by atoms with E-state index in [4.69, 9.17) is 9.47 Å². The largest absolute Gasteiger partial charge is 0.466 e. The van der Waals surface area contributed by atoms with E-state index in [0.717, 1.165) is 4.47 Å². The molecule has 1 aromatic heterocycles. The van der Waals surface area contributed by atoms with Gasteiger partial charge in [0.25, 0.3) is 0 Å². The van der Waals surface area contributed by atoms with E-state index in [1.807, 2.05) is 6.20 Å². The Morgan fingerprint density at radius 3 is 2.94 bits per heavy atom. The first-order valence-electron chi connectivity index (χ1n) is 5.10. The molecule has 0 atom stereocenters. The Morgan fingerprint density at radius 1 is 1.75 bits per heavy atom. The Morgan fingerprint density at radius 2 is 2.50 bits per heavy atom. The number of halogens is 1. The van der Waals surface area contributed by atoms with Gasteiger partial charge in [0.1, 0.15) is 5.54 Å². The van der Waals surface area contributed by atoms with Crippen LogP contribution >= 0.6 is 15.9 Å². The number of aromatic nitrogens is 2. The van der Waals surface area contributed by atoms with Gasteiger partial charge >= 0.3 is 5.97 Å². The highest BCUT2D eigenvalue weighted by Crippen LogP contribution is 2.30. The van der Waals surface area contributed by atoms with Gasteiger partial charge in [-0.15, -0.1) is 0 Å². The van der Waals surface area contributed by atoms with Crippen LogP contribution in [0.25, 0.3) is 0 Å². The number of ether oxygens (including phenoxy) is 2. The molecule has 0 aliphatic carbocycles. The van der Waals surface area contributed by atoms with Crippen LogP contribution in [0.4, 0.5) is 0 Å². The highest BCUT2D eigenvalue weighted by molar-refractivity contribution is 9.10. The van der Waals surface area contributed by atoms with Crippen molar-refractivity contribution in [3.05, 3.63) is 16.9 Å². The van der Waals surface area contributed by atoms with Crippen molar-refractivity contribution < 1.29 is 14.3 Å². The van der Waals surface area contributed by atoms with Crippen LogP contribution in [0.2, 0.25) is 0 Å². The average Bonchev–Trinajstić information content (AvgIpc) is 2.59. The third-order valence-electron chi connectivity index (χ3n) is 2.56. The number of rotatable bonds is 4. The Balaban J connectivity index is 2.11. The third kappa shape index (κ3) is 2.12. The van der Waals surface area contributed by atoms with E-state index < -0.39 is 0 Å². The topological polar surface area (TPSA) is 53.4 Å². The second-order valence-corrected chi connectivity index (χ2v) is 4.72. The fourth-order valence-electron chi connectivity index (χ4n) is 1.69. The lowest BCUT2D eigenvalue weighted by atomic mass is 9.93. The number of carbonyl (C=O) groups is 1. The molecule has 0 N–H and O–H groups in total. The maximum atomic E-state index is 11.5. The van der Waals surface area contributed by atoms with Gasteiger partial charge in [-0.3, -0.25) is 9.48 Å². The fraction of sp³-hybridized carbons (Fsp3) is 0.600. The summed E-state index contributed by atoms with van der Waals surface area (Å²) in [4.78, 5) is 11.5. The van der Waals surface area contributed by atoms with E-state index in [2.05, 4.69) is 21.0 Å². The molecule has 2 heterocycles. The molecule has 0 radical (unpaired) electrons. The highest BCUT2D eigenvalue weighted by atomic mass is 79.9. The van der Waals surface area contributed by atoms with Crippen molar-refractivity contribution in [3.63, 3.8) is 0 Å². The number of hydrogen-bond donors (Lipinski definition) is 0. The van der Waals surface area contributed by atoms with Crippen LogP contribution in [0.5, 0.6) is 0 Å². The zero-order valence-corrected chi connectivity index (χ0v) is 10.6. The number of esters is 1. The third-order valence-corrected chi connectivity index (χ3v) is 2.97. The molecule has 0 unspecified atom stereocenters. The standard InChI is InChI=1S/C10H13BrN2O3/c1-2-16-9(14)3-10(6-15-7-10)13-5-8(11)4-12-13/h4-5H,2-3,6-7H2,1H3. The molecule has 0 amide bonds. The Labute approximate surface area is 102 Å². The molecule has 1 aliphatic rings. The molecule has 2 rings (SSSR count). The van der Waals surface area contributed by atoms with Crippen molar-refractivity contribution in [2.24, 2.45) is 0 Å². The van der Waals surface area contributed by atoms with Crippen molar-refractivity contribution in [1.82, 2.24) is 9.78 Å². The Bertz CT molecular complexity index is 387. The van der Waals surface area contributed by atoms with Gasteiger partial charge < -0.3 is 9.47 Å². The maximum Gasteiger partial charge on any atom is 0.308 e. The maximum absolute atomic E-state index is 11.5. The lowest BCUT2D eigenvalue weighted by Crippen LogP contribution is -2.53. The van der Waals surface area contributed by atoms with E-state index in [0.29, 0.717) is 26.2 Å². The summed E-state index contributed by atoms with van der Waals surface area (Å²) in [6.45, 7) is 3.20. The lowest BCUT2D eigenvalue weighted by Gasteiger charge is -2.40. The van der Waals surface area contributed by atoms with Crippen molar-refractivity contribution in [2.45, 2.75) is 18.9 Å². The molecule has 0 saturated carbocycles. The summed E-state index contributed by atoms with van der Waals surface area (Å²) in [5.74, 6) is -0.211. The van der Waals surface area contributed by atoms with Gasteiger partial charge in [-0.25, -0.2) is 0 Å². The van der Waals surface area contributed by atoms with Gasteiger partial charge in [0, 0.05) is 6.20 Å². The lowest BCUT2D eigenvalue weighted by molar-refractivity contribution is -0.159. The molecule has 5 nitrogen and oxygen atoms in total. The molecule has 16 heavy (non-hydrogen) atoms. The van der Waals surface area contributed by atoms with Crippen molar-refractivity contribution in [3.8, 4) is 0 Å². The van der Waals surface area contributed by atoms with E-state index >= 15 is 0 Å². The zero-order chi connectivity index (χ0) is 11.6. The molecule has 6 heteroatoms. The van der Waals surface area contributed by atoms with Crippen LogP contribution in [0, 0.1) is 0 Å². The van der Waals surface area contributed by atoms with Crippen molar-refractivity contribution >= 4 is 21.9 Å². The summed E-state index contributed by atoms with van der Waals surface area (Å²) >= 11 is 3.33. The van der Waals surface area contributed by atoms with Gasteiger partial charge in [-0.1, -0.05) is 0 Å². The molecule has 1 aliphatic heterocycles. The summed E-state index contributed by atoms with van der Waals surface area (Å²) in [7, 11) is 0. The summed E-state index contributed by atoms with van der Waals surface area (Å²) in [5.41, 5.74) is -0.363. The van der Waals surface area contributed by atoms with Gasteiger partial charge in [-0.05, 0) is 22.9 Å². The number of carbonyl (C=O) groups excluding carboxylic acids is 1. The molecular weight excluding hydrogens is 276 g/mol. The van der Waals surface area contributed by atoms with Crippen LogP contribution in [-0.2, 0) is 19.8 Å². The summed E-state index contributed by atoms with van der Waals surface area (Å²) in [5, 5.41) is 4.21. The van der Waals surface area contributed by atoms with Crippen LogP contribution in [0.15, 0.2) is 16.9 Å². The molecular formula is C10H13BrN2O3. The van der Waals surface area contributed by atoms with Gasteiger partial charge in [0.15, 0.2) is 0 Å². The minimum absolute atomic E-state index is 0.211. The zero-order valence-electron chi connectivity index (χ0n) is 8.98. The summed E-state index contributed by atoms with van der Waals surface area (Å²) < 4.78 is 12.8. The summed E-state index contributed by atoms with van der Waals surface area (Å²) in [6, 6.07) is 0. The normalized spacial score (nSPS) is 17.9. The molecule has 0 spiro atoms. The monoisotopic (exact) mass is 288 g/mol. The predicted octanol–water partition coefficient (Wildman–Crippen LogP) is 1.32. The van der Waals surface area contributed by atoms with Crippen LogP contribution in [0.1, 0.15) is 13.3 Å². The first-order chi connectivity index (χ1) is 7.66. The molecule has 0 bridgehead atoms. The van der Waals surface area contributed by atoms with Gasteiger partial charge in [-0.2, -0.15) is 5.10 Å². The Kier molecular flexibility index (Phi) is 3.30. The molecule has 88 valence electrons. The van der Waals surface area contributed by atoms with E-state index in [-0.39, 0.29) is 11.5 Å². The van der Waals surface area contributed by atoms with E-state index in [1.54, 1.807) is 17.8 Å². The molecule has 1 fully saturated rings. The number of hydrogen-bond acceptors (Lipinski definition) is 4. The van der Waals surface area contributed by atoms with Crippen molar-refractivity contribution in [2.75, 3.05) is 19.8 Å². The van der Waals surface area contributed by atoms with Crippen LogP contribution in [0.3, 0.4) is 0 Å². The minimum Gasteiger partial charge on any atom is -0.466 e. The smallest absolute Gasteiger partial charge is 0.308 e. The minimum atomic E-state index is -0.363. The average molecular weight is 289 g/mol. The van der Waals surface area contributed by atoms with Crippen LogP contribution in [-0.4, -0.2) is 35.6 Å². The first-order valence-corrected chi connectivity index (χ1v) is 5.89. The van der Waals surface area contributed by atoms with Crippen molar-refractivity contribution in [1.29, 1.82) is 0 Å². The first kappa shape index (κ1) is 11.6. The van der Waals surface area contributed by atoms with Gasteiger partial charge in [0.2, 0.25) is 0 Å². The predicted molar refractivity (Wildman–Crippen MR) is 60.0 cm³/mol. The summed E-state index contributed by atoms with van der Waals surface area (Å²) in [6.07, 6.45) is 3.85. The SMILES string of the molecule is CCOC(=O)CC1(n2cc(Br)cn2)COC1. The molecule has 1 saturated heterocycles. The molecule has 0 aromatic carbocycles. The highest BCUT2D eigenvalue weighted by Gasteiger charge is 2.43. The van der Waals surface area contributed by atoms with Crippen LogP contribution < -0.4 is 0 Å². The quantitative estimate of drug-likeness (QED) is 0.785. The second kappa shape index (κ2) is 4.55. The van der Waals surface area contributed by atoms with E-state index in [1.165, 1.54) is 0 Å². The Hall–Kier alpha value is -0.880.